The van der Waals surface area contributed by atoms with Gasteiger partial charge in [0.1, 0.15) is 6.04 Å². The van der Waals surface area contributed by atoms with Gasteiger partial charge in [-0.25, -0.2) is 0 Å². The van der Waals surface area contributed by atoms with Gasteiger partial charge in [-0.05, 0) is 36.1 Å². The van der Waals surface area contributed by atoms with E-state index in [4.69, 9.17) is 0 Å². The molecule has 6 heteroatoms. The second kappa shape index (κ2) is 6.48. The van der Waals surface area contributed by atoms with E-state index < -0.39 is 6.04 Å². The van der Waals surface area contributed by atoms with Crippen molar-refractivity contribution in [3.05, 3.63) is 54.1 Å². The maximum atomic E-state index is 13.3. The summed E-state index contributed by atoms with van der Waals surface area (Å²) < 4.78 is 0. The second-order valence-corrected chi connectivity index (χ2v) is 7.69. The third kappa shape index (κ3) is 2.85. The van der Waals surface area contributed by atoms with Gasteiger partial charge in [0.2, 0.25) is 11.8 Å². The molecule has 1 atom stereocenters. The highest BCUT2D eigenvalue weighted by Crippen LogP contribution is 2.33. The van der Waals surface area contributed by atoms with Gasteiger partial charge >= 0.3 is 0 Å². The molecule has 6 nitrogen and oxygen atoms in total. The van der Waals surface area contributed by atoms with Gasteiger partial charge < -0.3 is 15.1 Å². The highest BCUT2D eigenvalue weighted by Gasteiger charge is 2.43. The summed E-state index contributed by atoms with van der Waals surface area (Å²) in [5.74, 6) is -0.155. The van der Waals surface area contributed by atoms with E-state index in [2.05, 4.69) is 5.32 Å². The van der Waals surface area contributed by atoms with E-state index in [1.54, 1.807) is 15.9 Å². The highest BCUT2D eigenvalue weighted by molar-refractivity contribution is 6.10. The number of hydrogen-bond acceptors (Lipinski definition) is 3. The topological polar surface area (TPSA) is 69.7 Å². The Morgan fingerprint density at radius 1 is 0.964 bits per heavy atom. The SMILES string of the molecule is O=C1Nc2ccc(-c3ccccc3)cc2C(=O)N2CCN(C(=O)C3CC3)CC12. The van der Waals surface area contributed by atoms with Crippen molar-refractivity contribution >= 4 is 23.4 Å². The van der Waals surface area contributed by atoms with Crippen molar-refractivity contribution in [1.82, 2.24) is 9.80 Å². The molecular formula is C22H21N3O3. The van der Waals surface area contributed by atoms with Gasteiger partial charge in [-0.15, -0.1) is 0 Å². The van der Waals surface area contributed by atoms with E-state index in [1.165, 1.54) is 0 Å². The minimum atomic E-state index is -0.642. The number of piperazine rings is 1. The molecular weight excluding hydrogens is 354 g/mol. The monoisotopic (exact) mass is 375 g/mol. The van der Waals surface area contributed by atoms with Gasteiger partial charge in [0.05, 0.1) is 17.8 Å². The Hall–Kier alpha value is -3.15. The summed E-state index contributed by atoms with van der Waals surface area (Å²) in [6, 6.07) is 14.8. The predicted octanol–water partition coefficient (Wildman–Crippen LogP) is 2.37. The first-order valence-corrected chi connectivity index (χ1v) is 9.72. The zero-order chi connectivity index (χ0) is 19.3. The second-order valence-electron chi connectivity index (χ2n) is 7.69. The quantitative estimate of drug-likeness (QED) is 0.876. The molecule has 2 aliphatic heterocycles. The van der Waals surface area contributed by atoms with Gasteiger partial charge in [0.15, 0.2) is 0 Å². The maximum Gasteiger partial charge on any atom is 0.256 e. The van der Waals surface area contributed by atoms with Crippen molar-refractivity contribution in [3.8, 4) is 11.1 Å². The van der Waals surface area contributed by atoms with Gasteiger partial charge in [-0.2, -0.15) is 0 Å². The molecule has 2 aromatic rings. The molecule has 3 aliphatic rings. The Kier molecular flexibility index (Phi) is 3.93. The van der Waals surface area contributed by atoms with Gasteiger partial charge in [0, 0.05) is 19.0 Å². The summed E-state index contributed by atoms with van der Waals surface area (Å²) in [5, 5.41) is 2.90. The molecule has 2 fully saturated rings. The number of nitrogens with one attached hydrogen (secondary N) is 1. The number of rotatable bonds is 2. The van der Waals surface area contributed by atoms with Crippen molar-refractivity contribution < 1.29 is 14.4 Å². The molecule has 0 aromatic heterocycles. The number of benzene rings is 2. The van der Waals surface area contributed by atoms with Crippen LogP contribution in [0, 0.1) is 5.92 Å². The lowest BCUT2D eigenvalue weighted by molar-refractivity contribution is -0.136. The summed E-state index contributed by atoms with van der Waals surface area (Å²) in [7, 11) is 0. The van der Waals surface area contributed by atoms with Crippen LogP contribution in [0.25, 0.3) is 11.1 Å². The molecule has 28 heavy (non-hydrogen) atoms. The van der Waals surface area contributed by atoms with Crippen LogP contribution in [0.15, 0.2) is 48.5 Å². The number of fused-ring (bicyclic) bond motifs is 2. The molecule has 1 aliphatic carbocycles. The van der Waals surface area contributed by atoms with Crippen LogP contribution in [0.1, 0.15) is 23.2 Å². The van der Waals surface area contributed by atoms with E-state index in [1.807, 2.05) is 42.5 Å². The predicted molar refractivity (Wildman–Crippen MR) is 105 cm³/mol. The largest absolute Gasteiger partial charge is 0.338 e. The molecule has 1 saturated carbocycles. The third-order valence-electron chi connectivity index (χ3n) is 5.80. The minimum Gasteiger partial charge on any atom is -0.338 e. The first kappa shape index (κ1) is 17.0. The average molecular weight is 375 g/mol. The van der Waals surface area contributed by atoms with Crippen molar-refractivity contribution in [2.75, 3.05) is 25.0 Å². The van der Waals surface area contributed by atoms with E-state index in [-0.39, 0.29) is 30.2 Å². The van der Waals surface area contributed by atoms with Crippen LogP contribution in [0.4, 0.5) is 5.69 Å². The number of nitrogens with zero attached hydrogens (tertiary/aromatic N) is 2. The molecule has 0 radical (unpaired) electrons. The Morgan fingerprint density at radius 2 is 1.75 bits per heavy atom. The highest BCUT2D eigenvalue weighted by atomic mass is 16.2. The van der Waals surface area contributed by atoms with Crippen molar-refractivity contribution in [2.24, 2.45) is 5.92 Å². The van der Waals surface area contributed by atoms with Gasteiger partial charge in [-0.1, -0.05) is 36.4 Å². The van der Waals surface area contributed by atoms with Crippen LogP contribution in [-0.2, 0) is 9.59 Å². The summed E-state index contributed by atoms with van der Waals surface area (Å²) in [6.07, 6.45) is 1.87. The van der Waals surface area contributed by atoms with Crippen molar-refractivity contribution in [1.29, 1.82) is 0 Å². The fraction of sp³-hybridized carbons (Fsp3) is 0.318. The zero-order valence-electron chi connectivity index (χ0n) is 15.4. The molecule has 1 N–H and O–H groups in total. The van der Waals surface area contributed by atoms with Crippen molar-refractivity contribution in [2.45, 2.75) is 18.9 Å². The van der Waals surface area contributed by atoms with Crippen LogP contribution >= 0.6 is 0 Å². The van der Waals surface area contributed by atoms with E-state index in [0.717, 1.165) is 24.0 Å². The lowest BCUT2D eigenvalue weighted by Crippen LogP contribution is -2.59. The summed E-state index contributed by atoms with van der Waals surface area (Å²) in [6.45, 7) is 1.13. The Bertz CT molecular complexity index is 968. The molecule has 1 unspecified atom stereocenters. The molecule has 1 saturated heterocycles. The first-order valence-electron chi connectivity index (χ1n) is 9.72. The Morgan fingerprint density at radius 3 is 2.50 bits per heavy atom. The molecule has 0 spiro atoms. The van der Waals surface area contributed by atoms with Gasteiger partial charge in [0.25, 0.3) is 5.91 Å². The number of hydrogen-bond donors (Lipinski definition) is 1. The lowest BCUT2D eigenvalue weighted by atomic mass is 10.0. The fourth-order valence-corrected chi connectivity index (χ4v) is 4.05. The van der Waals surface area contributed by atoms with Crippen molar-refractivity contribution in [3.63, 3.8) is 0 Å². The van der Waals surface area contributed by atoms with Crippen LogP contribution in [0.5, 0.6) is 0 Å². The number of amides is 3. The van der Waals surface area contributed by atoms with E-state index in [9.17, 15) is 14.4 Å². The molecule has 0 bridgehead atoms. The lowest BCUT2D eigenvalue weighted by Gasteiger charge is -2.39. The maximum absolute atomic E-state index is 13.3. The molecule has 142 valence electrons. The van der Waals surface area contributed by atoms with E-state index >= 15 is 0 Å². The van der Waals surface area contributed by atoms with Gasteiger partial charge in [-0.3, -0.25) is 14.4 Å². The summed E-state index contributed by atoms with van der Waals surface area (Å²) in [5.41, 5.74) is 2.98. The smallest absolute Gasteiger partial charge is 0.256 e. The average Bonchev–Trinajstić information content (AvgIpc) is 3.58. The summed E-state index contributed by atoms with van der Waals surface area (Å²) >= 11 is 0. The zero-order valence-corrected chi connectivity index (χ0v) is 15.4. The van der Waals surface area contributed by atoms with Crippen LogP contribution in [-0.4, -0.2) is 53.2 Å². The minimum absolute atomic E-state index is 0.113. The van der Waals surface area contributed by atoms with Crippen LogP contribution in [0.2, 0.25) is 0 Å². The number of carbonyl (C=O) groups excluding carboxylic acids is 3. The fourth-order valence-electron chi connectivity index (χ4n) is 4.05. The summed E-state index contributed by atoms with van der Waals surface area (Å²) in [4.78, 5) is 41.9. The Labute approximate surface area is 163 Å². The first-order chi connectivity index (χ1) is 13.6. The number of anilines is 1. The standard InChI is InChI=1S/C22H21N3O3/c26-20-19-13-24(21(27)15-6-7-15)10-11-25(19)22(28)17-12-16(8-9-18(17)23-20)14-4-2-1-3-5-14/h1-5,8-9,12,15,19H,6-7,10-11,13H2,(H,23,26). The third-order valence-corrected chi connectivity index (χ3v) is 5.80. The van der Waals surface area contributed by atoms with E-state index in [0.29, 0.717) is 24.3 Å². The molecule has 3 amide bonds. The Balaban J connectivity index is 1.46. The van der Waals surface area contributed by atoms with Crippen LogP contribution < -0.4 is 5.32 Å². The van der Waals surface area contributed by atoms with Crippen LogP contribution in [0.3, 0.4) is 0 Å². The normalized spacial score (nSPS) is 21.5. The number of carbonyl (C=O) groups is 3. The molecule has 2 aromatic carbocycles. The molecule has 5 rings (SSSR count). The molecule has 2 heterocycles.